The molecule has 4 heterocycles. The molecule has 1 aromatic carbocycles. The van der Waals surface area contributed by atoms with Crippen molar-refractivity contribution in [3.05, 3.63) is 54.0 Å². The Morgan fingerprint density at radius 2 is 1.97 bits per heavy atom. The lowest BCUT2D eigenvalue weighted by Gasteiger charge is -2.27. The molecule has 0 spiro atoms. The van der Waals surface area contributed by atoms with Crippen LogP contribution in [-0.4, -0.2) is 60.0 Å². The predicted octanol–water partition coefficient (Wildman–Crippen LogP) is 3.31. The van der Waals surface area contributed by atoms with Gasteiger partial charge in [0.05, 0.1) is 26.4 Å². The number of benzene rings is 1. The molecule has 0 saturated carbocycles. The van der Waals surface area contributed by atoms with Gasteiger partial charge in [-0.1, -0.05) is 23.4 Å². The molecule has 2 fully saturated rings. The SMILES string of the molecule is COc1ccccc1CN1CCCC1c1nc(-c2ccc(N3CCOCC3)nc2)no1. The van der Waals surface area contributed by atoms with Gasteiger partial charge in [-0.3, -0.25) is 4.90 Å². The van der Waals surface area contributed by atoms with Crippen LogP contribution in [0, 0.1) is 0 Å². The highest BCUT2D eigenvalue weighted by atomic mass is 16.5. The number of likely N-dealkylation sites (tertiary alicyclic amines) is 1. The third-order valence-corrected chi connectivity index (χ3v) is 6.00. The topological polar surface area (TPSA) is 76.8 Å². The highest BCUT2D eigenvalue weighted by Gasteiger charge is 2.31. The lowest BCUT2D eigenvalue weighted by atomic mass is 10.1. The summed E-state index contributed by atoms with van der Waals surface area (Å²) in [5.74, 6) is 3.11. The number of hydrogen-bond donors (Lipinski definition) is 0. The number of anilines is 1. The zero-order chi connectivity index (χ0) is 21.0. The Kier molecular flexibility index (Phi) is 5.82. The fraction of sp³-hybridized carbons (Fsp3) is 0.435. The zero-order valence-corrected chi connectivity index (χ0v) is 17.7. The Morgan fingerprint density at radius 3 is 2.77 bits per heavy atom. The van der Waals surface area contributed by atoms with Gasteiger partial charge in [-0.05, 0) is 37.6 Å². The second-order valence-corrected chi connectivity index (χ2v) is 7.90. The highest BCUT2D eigenvalue weighted by molar-refractivity contribution is 5.56. The van der Waals surface area contributed by atoms with E-state index in [1.165, 1.54) is 5.56 Å². The second-order valence-electron chi connectivity index (χ2n) is 7.90. The molecule has 1 unspecified atom stereocenters. The van der Waals surface area contributed by atoms with E-state index in [-0.39, 0.29) is 6.04 Å². The van der Waals surface area contributed by atoms with Crippen molar-refractivity contribution in [2.75, 3.05) is 44.9 Å². The van der Waals surface area contributed by atoms with E-state index >= 15 is 0 Å². The van der Waals surface area contributed by atoms with Crippen LogP contribution >= 0.6 is 0 Å². The maximum absolute atomic E-state index is 5.69. The number of morpholine rings is 1. The molecule has 2 aromatic heterocycles. The fourth-order valence-corrected chi connectivity index (χ4v) is 4.33. The van der Waals surface area contributed by atoms with Crippen LogP contribution in [0.3, 0.4) is 0 Å². The monoisotopic (exact) mass is 421 g/mol. The van der Waals surface area contributed by atoms with Crippen molar-refractivity contribution in [2.24, 2.45) is 0 Å². The molecule has 0 amide bonds. The first-order valence-corrected chi connectivity index (χ1v) is 10.8. The summed E-state index contributed by atoms with van der Waals surface area (Å²) in [7, 11) is 1.71. The van der Waals surface area contributed by atoms with Gasteiger partial charge in [0.15, 0.2) is 0 Å². The first-order valence-electron chi connectivity index (χ1n) is 10.8. The summed E-state index contributed by atoms with van der Waals surface area (Å²) in [5.41, 5.74) is 2.03. The summed E-state index contributed by atoms with van der Waals surface area (Å²) in [4.78, 5) is 13.9. The molecule has 3 aromatic rings. The smallest absolute Gasteiger partial charge is 0.244 e. The van der Waals surface area contributed by atoms with E-state index < -0.39 is 0 Å². The van der Waals surface area contributed by atoms with Crippen LogP contribution in [0.1, 0.15) is 30.3 Å². The number of pyridine rings is 1. The fourth-order valence-electron chi connectivity index (χ4n) is 4.33. The van der Waals surface area contributed by atoms with E-state index in [2.05, 4.69) is 26.0 Å². The molecule has 162 valence electrons. The average Bonchev–Trinajstić information content (AvgIpc) is 3.50. The number of para-hydroxylation sites is 1. The van der Waals surface area contributed by atoms with Crippen molar-refractivity contribution in [1.29, 1.82) is 0 Å². The van der Waals surface area contributed by atoms with Crippen LogP contribution in [0.15, 0.2) is 47.1 Å². The van der Waals surface area contributed by atoms with E-state index in [9.17, 15) is 0 Å². The summed E-state index contributed by atoms with van der Waals surface area (Å²) >= 11 is 0. The zero-order valence-electron chi connectivity index (χ0n) is 17.7. The summed E-state index contributed by atoms with van der Waals surface area (Å²) in [5, 5.41) is 4.24. The maximum atomic E-state index is 5.69. The van der Waals surface area contributed by atoms with Crippen molar-refractivity contribution in [1.82, 2.24) is 20.0 Å². The van der Waals surface area contributed by atoms with E-state index in [1.54, 1.807) is 7.11 Å². The Labute approximate surface area is 181 Å². The first-order chi connectivity index (χ1) is 15.3. The number of rotatable bonds is 6. The molecule has 1 atom stereocenters. The Morgan fingerprint density at radius 1 is 1.10 bits per heavy atom. The molecule has 2 aliphatic heterocycles. The van der Waals surface area contributed by atoms with Crippen LogP contribution in [0.25, 0.3) is 11.4 Å². The Hall–Kier alpha value is -2.97. The van der Waals surface area contributed by atoms with Gasteiger partial charge in [-0.25, -0.2) is 4.98 Å². The molecule has 8 nitrogen and oxygen atoms in total. The van der Waals surface area contributed by atoms with Crippen molar-refractivity contribution in [2.45, 2.75) is 25.4 Å². The quantitative estimate of drug-likeness (QED) is 0.600. The van der Waals surface area contributed by atoms with Gasteiger partial charge in [0, 0.05) is 37.0 Å². The Bertz CT molecular complexity index is 1000. The normalized spacial score (nSPS) is 19.6. The van der Waals surface area contributed by atoms with Gasteiger partial charge in [0.1, 0.15) is 11.6 Å². The molecule has 8 heteroatoms. The van der Waals surface area contributed by atoms with Gasteiger partial charge in [0.25, 0.3) is 0 Å². The molecule has 0 bridgehead atoms. The molecule has 0 N–H and O–H groups in total. The summed E-state index contributed by atoms with van der Waals surface area (Å²) < 4.78 is 16.6. The van der Waals surface area contributed by atoms with Crippen LogP contribution in [0.4, 0.5) is 5.82 Å². The molecular weight excluding hydrogens is 394 g/mol. The van der Waals surface area contributed by atoms with E-state index in [1.807, 2.05) is 36.5 Å². The first kappa shape index (κ1) is 20.0. The summed E-state index contributed by atoms with van der Waals surface area (Å²) in [6.45, 7) is 5.00. The minimum atomic E-state index is 0.117. The van der Waals surface area contributed by atoms with E-state index in [0.717, 1.165) is 69.4 Å². The van der Waals surface area contributed by atoms with Crippen LogP contribution in [0.2, 0.25) is 0 Å². The number of nitrogens with zero attached hydrogens (tertiary/aromatic N) is 5. The minimum Gasteiger partial charge on any atom is -0.496 e. The molecule has 2 aliphatic rings. The van der Waals surface area contributed by atoms with Crippen molar-refractivity contribution >= 4 is 5.82 Å². The van der Waals surface area contributed by atoms with Gasteiger partial charge in [0.2, 0.25) is 11.7 Å². The van der Waals surface area contributed by atoms with Crippen LogP contribution < -0.4 is 9.64 Å². The lowest BCUT2D eigenvalue weighted by Crippen LogP contribution is -2.36. The van der Waals surface area contributed by atoms with Gasteiger partial charge in [-0.15, -0.1) is 0 Å². The van der Waals surface area contributed by atoms with Gasteiger partial charge < -0.3 is 18.9 Å². The largest absolute Gasteiger partial charge is 0.496 e. The number of aromatic nitrogens is 3. The van der Waals surface area contributed by atoms with E-state index in [4.69, 9.17) is 19.0 Å². The minimum absolute atomic E-state index is 0.117. The second kappa shape index (κ2) is 9.03. The number of ether oxygens (including phenoxy) is 2. The maximum Gasteiger partial charge on any atom is 0.244 e. The van der Waals surface area contributed by atoms with Gasteiger partial charge in [-0.2, -0.15) is 4.98 Å². The van der Waals surface area contributed by atoms with E-state index in [0.29, 0.717) is 11.7 Å². The third kappa shape index (κ3) is 4.26. The molecule has 31 heavy (non-hydrogen) atoms. The predicted molar refractivity (Wildman–Crippen MR) is 116 cm³/mol. The van der Waals surface area contributed by atoms with Crippen LogP contribution in [0.5, 0.6) is 5.75 Å². The molecule has 5 rings (SSSR count). The average molecular weight is 422 g/mol. The third-order valence-electron chi connectivity index (χ3n) is 6.00. The standard InChI is InChI=1S/C23H27N5O3/c1-29-20-7-3-2-5-18(20)16-28-10-4-6-19(28)23-25-22(26-31-23)17-8-9-21(24-15-17)27-11-13-30-14-12-27/h2-3,5,7-9,15,19H,4,6,10-14,16H2,1H3. The molecule has 0 aliphatic carbocycles. The molecule has 0 radical (unpaired) electrons. The molecule has 2 saturated heterocycles. The molecular formula is C23H27N5O3. The highest BCUT2D eigenvalue weighted by Crippen LogP contribution is 2.34. The lowest BCUT2D eigenvalue weighted by molar-refractivity contribution is 0.122. The van der Waals surface area contributed by atoms with Crippen LogP contribution in [-0.2, 0) is 11.3 Å². The van der Waals surface area contributed by atoms with Gasteiger partial charge >= 0.3 is 0 Å². The van der Waals surface area contributed by atoms with Crippen molar-refractivity contribution < 1.29 is 14.0 Å². The number of hydrogen-bond acceptors (Lipinski definition) is 8. The summed E-state index contributed by atoms with van der Waals surface area (Å²) in [6, 6.07) is 12.3. The Balaban J connectivity index is 1.30. The van der Waals surface area contributed by atoms with Crippen molar-refractivity contribution in [3.8, 4) is 17.1 Å². The van der Waals surface area contributed by atoms with Crippen molar-refractivity contribution in [3.63, 3.8) is 0 Å². The number of methoxy groups -OCH3 is 1. The summed E-state index contributed by atoms with van der Waals surface area (Å²) in [6.07, 6.45) is 3.93.